The zero-order valence-electron chi connectivity index (χ0n) is 37.2. The quantitative estimate of drug-likeness (QED) is 0.158. The Morgan fingerprint density at radius 2 is 0.771 bits per heavy atom. The summed E-state index contributed by atoms with van der Waals surface area (Å²) in [5.41, 5.74) is 10.2. The van der Waals surface area contributed by atoms with Crippen LogP contribution in [0.15, 0.2) is 248 Å². The van der Waals surface area contributed by atoms with Gasteiger partial charge in [0, 0.05) is 35.9 Å². The maximum atomic E-state index is 6.38. The third-order valence-electron chi connectivity index (χ3n) is 13.6. The van der Waals surface area contributed by atoms with E-state index in [1.54, 1.807) is 0 Å². The van der Waals surface area contributed by atoms with Gasteiger partial charge in [-0.3, -0.25) is 8.80 Å². The Bertz CT molecular complexity index is 4340. The summed E-state index contributed by atoms with van der Waals surface area (Å²) in [5, 5.41) is 2.19. The molecule has 15 rings (SSSR count). The van der Waals surface area contributed by atoms with Crippen LogP contribution in [0.25, 0.3) is 101 Å². The molecule has 0 unspecified atom stereocenters. The molecule has 330 valence electrons. The Morgan fingerprint density at radius 3 is 1.34 bits per heavy atom. The first-order valence-electron chi connectivity index (χ1n) is 23.2. The van der Waals surface area contributed by atoms with Crippen molar-refractivity contribution in [3.63, 3.8) is 0 Å². The van der Waals surface area contributed by atoms with Gasteiger partial charge in [-0.1, -0.05) is 115 Å². The van der Waals surface area contributed by atoms with Crippen LogP contribution >= 0.6 is 10.0 Å². The SMILES string of the molecule is c1ccc(S(c2ccccc2)(c2ccc(-c3nc(-n4c5ccccc5n5c6ccccc6nc45)nc(-n4c5ccccc5n5c6ccccc6nc45)n3)cc2)c2ccc3oc4ccccc4c3c2)cc1. The van der Waals surface area contributed by atoms with E-state index in [0.29, 0.717) is 29.3 Å². The maximum absolute atomic E-state index is 6.38. The fourth-order valence-electron chi connectivity index (χ4n) is 10.5. The smallest absolute Gasteiger partial charge is 0.242 e. The Hall–Kier alpha value is -9.32. The molecule has 0 atom stereocenters. The molecule has 0 radical (unpaired) electrons. The molecule has 70 heavy (non-hydrogen) atoms. The number of fused-ring (bicyclic) bond motifs is 13. The van der Waals surface area contributed by atoms with Crippen molar-refractivity contribution in [2.75, 3.05) is 0 Å². The highest BCUT2D eigenvalue weighted by molar-refractivity contribution is 8.34. The van der Waals surface area contributed by atoms with Gasteiger partial charge in [-0.05, 0) is 109 Å². The van der Waals surface area contributed by atoms with Crippen LogP contribution < -0.4 is 0 Å². The van der Waals surface area contributed by atoms with Crippen LogP contribution in [-0.4, -0.2) is 42.9 Å². The Morgan fingerprint density at radius 1 is 0.329 bits per heavy atom. The summed E-state index contributed by atoms with van der Waals surface area (Å²) < 4.78 is 14.9. The van der Waals surface area contributed by atoms with E-state index in [4.69, 9.17) is 29.3 Å². The van der Waals surface area contributed by atoms with E-state index in [-0.39, 0.29) is 0 Å². The lowest BCUT2D eigenvalue weighted by Crippen LogP contribution is -2.11. The molecule has 0 amide bonds. The third kappa shape index (κ3) is 5.48. The molecule has 0 aliphatic rings. The number of para-hydroxylation sites is 9. The summed E-state index contributed by atoms with van der Waals surface area (Å²) in [4.78, 5) is 31.4. The van der Waals surface area contributed by atoms with Crippen LogP contribution in [-0.2, 0) is 0 Å². The summed E-state index contributed by atoms with van der Waals surface area (Å²) in [6.45, 7) is 0. The third-order valence-corrected chi connectivity index (χ3v) is 17.5. The van der Waals surface area contributed by atoms with Gasteiger partial charge in [0.2, 0.25) is 23.5 Å². The number of rotatable bonds is 7. The minimum Gasteiger partial charge on any atom is -0.456 e. The normalized spacial score (nSPS) is 12.5. The van der Waals surface area contributed by atoms with Gasteiger partial charge in [0.1, 0.15) is 11.2 Å². The fourth-order valence-corrected chi connectivity index (χ4v) is 14.4. The van der Waals surface area contributed by atoms with Gasteiger partial charge in [0.15, 0.2) is 5.82 Å². The molecule has 0 aliphatic heterocycles. The molecule has 6 aromatic heterocycles. The second-order valence-corrected chi connectivity index (χ2v) is 20.5. The van der Waals surface area contributed by atoms with Crippen molar-refractivity contribution < 1.29 is 4.42 Å². The zero-order chi connectivity index (χ0) is 45.9. The minimum atomic E-state index is -2.08. The highest BCUT2D eigenvalue weighted by Crippen LogP contribution is 2.73. The van der Waals surface area contributed by atoms with Crippen molar-refractivity contribution in [2.24, 2.45) is 0 Å². The van der Waals surface area contributed by atoms with Gasteiger partial charge in [-0.2, -0.15) is 15.0 Å². The van der Waals surface area contributed by atoms with E-state index >= 15 is 0 Å². The molecule has 0 saturated carbocycles. The predicted molar refractivity (Wildman–Crippen MR) is 279 cm³/mol. The van der Waals surface area contributed by atoms with Crippen LogP contribution in [0, 0.1) is 0 Å². The van der Waals surface area contributed by atoms with Gasteiger partial charge >= 0.3 is 0 Å². The van der Waals surface area contributed by atoms with Crippen LogP contribution in [0.2, 0.25) is 0 Å². The second kappa shape index (κ2) is 14.8. The number of hydrogen-bond acceptors (Lipinski definition) is 6. The van der Waals surface area contributed by atoms with Gasteiger partial charge < -0.3 is 4.42 Å². The van der Waals surface area contributed by atoms with Gasteiger partial charge in [-0.15, -0.1) is 10.0 Å². The first kappa shape index (κ1) is 38.8. The number of nitrogens with zero attached hydrogens (tertiary/aromatic N) is 9. The highest BCUT2D eigenvalue weighted by Gasteiger charge is 2.34. The molecule has 0 saturated heterocycles. The average Bonchev–Trinajstić information content (AvgIpc) is 4.23. The molecule has 6 heterocycles. The topological polar surface area (TPSA) is 96.3 Å². The number of furan rings is 1. The molecule has 9 aromatic carbocycles. The van der Waals surface area contributed by atoms with Crippen molar-refractivity contribution in [3.8, 4) is 23.3 Å². The molecule has 10 nitrogen and oxygen atoms in total. The first-order chi connectivity index (χ1) is 34.7. The average molecular weight is 920 g/mol. The monoisotopic (exact) mass is 919 g/mol. The molecule has 0 bridgehead atoms. The van der Waals surface area contributed by atoms with E-state index in [2.05, 4.69) is 182 Å². The van der Waals surface area contributed by atoms with Gasteiger partial charge in [-0.25, -0.2) is 19.1 Å². The Kier molecular flexibility index (Phi) is 8.21. The maximum Gasteiger partial charge on any atom is 0.242 e. The standard InChI is InChI=1S/C59H37N9OS/c1-3-17-39(18-4-1)70(40-19-5-2-6-20-40,42-35-36-54-44(37-42)43-21-7-16-30-53(43)69-54)41-33-31-38(32-34-41)55-62-56(67-51-28-14-12-26-49(51)65-47-24-10-8-22-45(47)60-58(65)67)64-57(63-55)68-52-29-15-13-27-50(52)66-48-25-11-9-23-46(48)61-59(66)68/h1-37H. The molecule has 0 spiro atoms. The number of aromatic nitrogens is 9. The fraction of sp³-hybridized carbons (Fsp3) is 0. The predicted octanol–water partition coefficient (Wildman–Crippen LogP) is 14.3. The van der Waals surface area contributed by atoms with Gasteiger partial charge in [0.25, 0.3) is 0 Å². The van der Waals surface area contributed by atoms with Crippen molar-refractivity contribution >= 4 is 87.7 Å². The molecule has 0 aliphatic carbocycles. The van der Waals surface area contributed by atoms with Crippen LogP contribution in [0.5, 0.6) is 0 Å². The molecule has 11 heteroatoms. The van der Waals surface area contributed by atoms with E-state index in [0.717, 1.165) is 71.6 Å². The van der Waals surface area contributed by atoms with E-state index in [1.165, 1.54) is 19.6 Å². The van der Waals surface area contributed by atoms with Gasteiger partial charge in [0.05, 0.1) is 44.1 Å². The van der Waals surface area contributed by atoms with Crippen LogP contribution in [0.4, 0.5) is 0 Å². The summed E-state index contributed by atoms with van der Waals surface area (Å²) in [5.74, 6) is 2.79. The number of benzene rings is 9. The molecular weight excluding hydrogens is 883 g/mol. The number of imidazole rings is 4. The minimum absolute atomic E-state index is 0.437. The lowest BCUT2D eigenvalue weighted by atomic mass is 10.1. The lowest BCUT2D eigenvalue weighted by Gasteiger charge is -2.42. The van der Waals surface area contributed by atoms with Crippen molar-refractivity contribution in [1.29, 1.82) is 0 Å². The second-order valence-electron chi connectivity index (χ2n) is 17.4. The zero-order valence-corrected chi connectivity index (χ0v) is 38.0. The largest absolute Gasteiger partial charge is 0.456 e. The van der Waals surface area contributed by atoms with E-state index in [9.17, 15) is 0 Å². The Balaban J connectivity index is 0.994. The Labute approximate surface area is 400 Å². The lowest BCUT2D eigenvalue weighted by molar-refractivity contribution is 0.668. The molecule has 0 N–H and O–H groups in total. The molecule has 15 aromatic rings. The summed E-state index contributed by atoms with van der Waals surface area (Å²) in [7, 11) is -2.08. The number of hydrogen-bond donors (Lipinski definition) is 0. The summed E-state index contributed by atoms with van der Waals surface area (Å²) in [6, 6.07) is 78.7. The van der Waals surface area contributed by atoms with Crippen molar-refractivity contribution in [2.45, 2.75) is 19.6 Å². The van der Waals surface area contributed by atoms with Crippen molar-refractivity contribution in [3.05, 3.63) is 224 Å². The summed E-state index contributed by atoms with van der Waals surface area (Å²) >= 11 is 0. The van der Waals surface area contributed by atoms with E-state index < -0.39 is 10.0 Å². The highest BCUT2D eigenvalue weighted by atomic mass is 32.3. The van der Waals surface area contributed by atoms with Crippen LogP contribution in [0.3, 0.4) is 0 Å². The first-order valence-corrected chi connectivity index (χ1v) is 24.8. The van der Waals surface area contributed by atoms with Crippen molar-refractivity contribution in [1.82, 2.24) is 42.9 Å². The van der Waals surface area contributed by atoms with Crippen LogP contribution in [0.1, 0.15) is 0 Å². The molecule has 0 fully saturated rings. The van der Waals surface area contributed by atoms with E-state index in [1.807, 2.05) is 60.7 Å². The molecular formula is C59H37N9OS. The summed E-state index contributed by atoms with van der Waals surface area (Å²) in [6.07, 6.45) is 0.